The fourth-order valence-electron chi connectivity index (χ4n) is 2.35. The van der Waals surface area contributed by atoms with Crippen molar-refractivity contribution in [2.75, 3.05) is 14.1 Å². The smallest absolute Gasteiger partial charge is 0.411 e. The van der Waals surface area contributed by atoms with Crippen LogP contribution in [0.5, 0.6) is 0 Å². The number of hydrogen-bond donors (Lipinski definition) is 0. The number of nitrogens with zero attached hydrogens (tertiary/aromatic N) is 2. The highest BCUT2D eigenvalue weighted by molar-refractivity contribution is 6.42. The summed E-state index contributed by atoms with van der Waals surface area (Å²) in [6.45, 7) is 9.27. The minimum atomic E-state index is -0.868. The molecule has 1 amide bonds. The highest BCUT2D eigenvalue weighted by atomic mass is 35.5. The van der Waals surface area contributed by atoms with Crippen LogP contribution < -0.4 is 0 Å². The van der Waals surface area contributed by atoms with E-state index in [0.717, 1.165) is 5.56 Å². The van der Waals surface area contributed by atoms with Crippen LogP contribution in [0.3, 0.4) is 0 Å². The summed E-state index contributed by atoms with van der Waals surface area (Å²) < 4.78 is 5.51. The Morgan fingerprint density at radius 1 is 1.33 bits per heavy atom. The SMILES string of the molecule is C=CC[C@@](C=NC)(c1ccc(Cl)c(Cl)c1)N(C)C(=O)OC(C)(C)C. The Labute approximate surface area is 154 Å². The van der Waals surface area contributed by atoms with Gasteiger partial charge in [0, 0.05) is 20.3 Å². The summed E-state index contributed by atoms with van der Waals surface area (Å²) in [5, 5.41) is 0.853. The van der Waals surface area contributed by atoms with Crippen molar-refractivity contribution in [3.05, 3.63) is 46.5 Å². The summed E-state index contributed by atoms with van der Waals surface area (Å²) in [5.41, 5.74) is -0.699. The molecule has 0 fully saturated rings. The lowest BCUT2D eigenvalue weighted by molar-refractivity contribution is 0.0159. The molecule has 0 saturated heterocycles. The van der Waals surface area contributed by atoms with E-state index in [1.807, 2.05) is 26.8 Å². The molecule has 1 aromatic rings. The van der Waals surface area contributed by atoms with E-state index in [9.17, 15) is 4.79 Å². The Kier molecular flexibility index (Phi) is 6.87. The number of ether oxygens (including phenoxy) is 1. The van der Waals surface area contributed by atoms with Crippen molar-refractivity contribution < 1.29 is 9.53 Å². The van der Waals surface area contributed by atoms with Crippen LogP contribution >= 0.6 is 23.2 Å². The predicted octanol–water partition coefficient (Wildman–Crippen LogP) is 5.33. The van der Waals surface area contributed by atoms with E-state index in [4.69, 9.17) is 27.9 Å². The average molecular weight is 371 g/mol. The van der Waals surface area contributed by atoms with Gasteiger partial charge in [0.05, 0.1) is 10.0 Å². The topological polar surface area (TPSA) is 41.9 Å². The van der Waals surface area contributed by atoms with Gasteiger partial charge in [0.25, 0.3) is 0 Å². The average Bonchev–Trinajstić information content (AvgIpc) is 2.47. The molecule has 0 aromatic heterocycles. The molecule has 1 aromatic carbocycles. The maximum atomic E-state index is 12.6. The van der Waals surface area contributed by atoms with Gasteiger partial charge in [0.15, 0.2) is 0 Å². The van der Waals surface area contributed by atoms with E-state index < -0.39 is 17.2 Å². The van der Waals surface area contributed by atoms with Crippen molar-refractivity contribution >= 4 is 35.5 Å². The highest BCUT2D eigenvalue weighted by Crippen LogP contribution is 2.35. The lowest BCUT2D eigenvalue weighted by atomic mass is 9.86. The molecule has 6 heteroatoms. The molecule has 24 heavy (non-hydrogen) atoms. The summed E-state index contributed by atoms with van der Waals surface area (Å²) in [6, 6.07) is 5.25. The van der Waals surface area contributed by atoms with Crippen LogP contribution in [0.15, 0.2) is 35.8 Å². The van der Waals surface area contributed by atoms with Crippen LogP contribution in [0.25, 0.3) is 0 Å². The Hall–Kier alpha value is -1.52. The standard InChI is InChI=1S/C18H24Cl2N2O2/c1-7-10-18(12-21-5,13-8-9-14(19)15(20)11-13)22(6)16(23)24-17(2,3)4/h7-9,11-12H,1,10H2,2-6H3/t18-/m1/s1. The molecule has 1 atom stereocenters. The van der Waals surface area contributed by atoms with Crippen molar-refractivity contribution in [1.82, 2.24) is 4.90 Å². The van der Waals surface area contributed by atoms with Gasteiger partial charge in [-0.3, -0.25) is 9.89 Å². The molecule has 0 aliphatic heterocycles. The maximum absolute atomic E-state index is 12.6. The Morgan fingerprint density at radius 2 is 1.96 bits per heavy atom. The van der Waals surface area contributed by atoms with Crippen molar-refractivity contribution in [1.29, 1.82) is 0 Å². The number of benzene rings is 1. The molecule has 0 spiro atoms. The highest BCUT2D eigenvalue weighted by Gasteiger charge is 2.39. The lowest BCUT2D eigenvalue weighted by Gasteiger charge is -2.39. The van der Waals surface area contributed by atoms with Gasteiger partial charge < -0.3 is 4.74 Å². The van der Waals surface area contributed by atoms with Gasteiger partial charge in [-0.05, 0) is 44.9 Å². The maximum Gasteiger partial charge on any atom is 0.411 e. The summed E-state index contributed by atoms with van der Waals surface area (Å²) in [6.07, 6.45) is 3.40. The van der Waals surface area contributed by atoms with E-state index in [-0.39, 0.29) is 0 Å². The fraction of sp³-hybridized carbons (Fsp3) is 0.444. The molecule has 0 saturated carbocycles. The number of hydrogen-bond acceptors (Lipinski definition) is 3. The van der Waals surface area contributed by atoms with Gasteiger partial charge in [0.1, 0.15) is 11.1 Å². The zero-order chi connectivity index (χ0) is 18.5. The van der Waals surface area contributed by atoms with E-state index in [1.54, 1.807) is 38.5 Å². The molecule has 0 unspecified atom stereocenters. The van der Waals surface area contributed by atoms with Crippen LogP contribution in [0, 0.1) is 0 Å². The van der Waals surface area contributed by atoms with Gasteiger partial charge in [-0.2, -0.15) is 0 Å². The third-order valence-electron chi connectivity index (χ3n) is 3.48. The summed E-state index contributed by atoms with van der Waals surface area (Å²) in [4.78, 5) is 18.3. The number of carbonyl (C=O) groups is 1. The lowest BCUT2D eigenvalue weighted by Crippen LogP contribution is -2.50. The Morgan fingerprint density at radius 3 is 2.42 bits per heavy atom. The minimum absolute atomic E-state index is 0.407. The van der Waals surface area contributed by atoms with Gasteiger partial charge in [-0.15, -0.1) is 6.58 Å². The molecule has 0 aliphatic rings. The number of aliphatic imine (C=N–C) groups is 1. The first-order chi connectivity index (χ1) is 11.1. The van der Waals surface area contributed by atoms with E-state index in [1.165, 1.54) is 4.90 Å². The summed E-state index contributed by atoms with van der Waals surface area (Å²) >= 11 is 12.2. The second-order valence-corrected chi connectivity index (χ2v) is 7.29. The molecule has 0 aliphatic carbocycles. The van der Waals surface area contributed by atoms with Gasteiger partial charge >= 0.3 is 6.09 Å². The van der Waals surface area contributed by atoms with E-state index in [0.29, 0.717) is 16.5 Å². The van der Waals surface area contributed by atoms with Crippen LogP contribution in [-0.2, 0) is 10.3 Å². The number of rotatable bonds is 5. The zero-order valence-electron chi connectivity index (χ0n) is 14.8. The van der Waals surface area contributed by atoms with Crippen molar-refractivity contribution in [3.63, 3.8) is 0 Å². The van der Waals surface area contributed by atoms with Crippen LogP contribution in [0.4, 0.5) is 4.79 Å². The monoisotopic (exact) mass is 370 g/mol. The second kappa shape index (κ2) is 8.04. The normalized spacial score (nSPS) is 14.3. The first kappa shape index (κ1) is 20.5. The molecule has 1 rings (SSSR count). The molecule has 0 bridgehead atoms. The molecule has 0 radical (unpaired) electrons. The number of halogens is 2. The fourth-order valence-corrected chi connectivity index (χ4v) is 2.65. The molecule has 0 heterocycles. The van der Waals surface area contributed by atoms with Gasteiger partial charge in [-0.25, -0.2) is 4.79 Å². The molecular weight excluding hydrogens is 347 g/mol. The first-order valence-corrected chi connectivity index (χ1v) is 8.29. The van der Waals surface area contributed by atoms with E-state index in [2.05, 4.69) is 11.6 Å². The Bertz CT molecular complexity index is 638. The third kappa shape index (κ3) is 4.74. The molecule has 4 nitrogen and oxygen atoms in total. The zero-order valence-corrected chi connectivity index (χ0v) is 16.3. The second-order valence-electron chi connectivity index (χ2n) is 6.47. The van der Waals surface area contributed by atoms with Crippen LogP contribution in [0.2, 0.25) is 10.0 Å². The molecule has 132 valence electrons. The van der Waals surface area contributed by atoms with E-state index >= 15 is 0 Å². The van der Waals surface area contributed by atoms with Crippen LogP contribution in [0.1, 0.15) is 32.8 Å². The number of amides is 1. The number of carbonyl (C=O) groups excluding carboxylic acids is 1. The third-order valence-corrected chi connectivity index (χ3v) is 4.22. The first-order valence-electron chi connectivity index (χ1n) is 7.54. The minimum Gasteiger partial charge on any atom is -0.444 e. The van der Waals surface area contributed by atoms with Gasteiger partial charge in [-0.1, -0.05) is 35.3 Å². The Balaban J connectivity index is 3.44. The molecular formula is C18H24Cl2N2O2. The predicted molar refractivity (Wildman–Crippen MR) is 101 cm³/mol. The summed E-state index contributed by atoms with van der Waals surface area (Å²) in [5.74, 6) is 0. The van der Waals surface area contributed by atoms with Crippen molar-refractivity contribution in [2.24, 2.45) is 4.99 Å². The molecule has 0 N–H and O–H groups in total. The largest absolute Gasteiger partial charge is 0.444 e. The van der Waals surface area contributed by atoms with Crippen LogP contribution in [-0.4, -0.2) is 36.9 Å². The van der Waals surface area contributed by atoms with Gasteiger partial charge in [0.2, 0.25) is 0 Å². The van der Waals surface area contributed by atoms with Crippen molar-refractivity contribution in [2.45, 2.75) is 38.3 Å². The van der Waals surface area contributed by atoms with Crippen molar-refractivity contribution in [3.8, 4) is 0 Å². The quantitative estimate of drug-likeness (QED) is 0.518. The summed E-state index contributed by atoms with van der Waals surface area (Å²) in [7, 11) is 3.32.